The van der Waals surface area contributed by atoms with E-state index in [2.05, 4.69) is 25.7 Å². The summed E-state index contributed by atoms with van der Waals surface area (Å²) in [4.78, 5) is 2.11. The molecule has 0 bridgehead atoms. The first kappa shape index (κ1) is 13.5. The lowest BCUT2D eigenvalue weighted by atomic mass is 9.77. The van der Waals surface area contributed by atoms with Crippen LogP contribution in [0.4, 0.5) is 0 Å². The van der Waals surface area contributed by atoms with Crippen molar-refractivity contribution in [1.29, 1.82) is 5.41 Å². The average Bonchev–Trinajstić information content (AvgIpc) is 2.30. The lowest BCUT2D eigenvalue weighted by Crippen LogP contribution is -2.52. The highest BCUT2D eigenvalue weighted by Crippen LogP contribution is 2.36. The zero-order valence-corrected chi connectivity index (χ0v) is 11.2. The fourth-order valence-electron chi connectivity index (χ4n) is 2.83. The first-order valence-electron chi connectivity index (χ1n) is 6.48. The van der Waals surface area contributed by atoms with Crippen molar-refractivity contribution in [2.75, 3.05) is 20.2 Å². The predicted octanol–water partition coefficient (Wildman–Crippen LogP) is 2.90. The molecule has 0 saturated heterocycles. The number of amidine groups is 1. The topological polar surface area (TPSA) is 36.3 Å². The number of hydrogen-bond acceptors (Lipinski definition) is 2. The Labute approximate surface area is 99.7 Å². The third-order valence-corrected chi connectivity index (χ3v) is 3.86. The van der Waals surface area contributed by atoms with E-state index in [9.17, 15) is 0 Å². The van der Waals surface area contributed by atoms with E-state index in [-0.39, 0.29) is 5.60 Å². The Kier molecular flexibility index (Phi) is 4.78. The second-order valence-corrected chi connectivity index (χ2v) is 4.92. The van der Waals surface area contributed by atoms with Gasteiger partial charge >= 0.3 is 0 Å². The number of nitrogens with zero attached hydrogens (tertiary/aromatic N) is 1. The Morgan fingerprint density at radius 1 is 1.44 bits per heavy atom. The third kappa shape index (κ3) is 2.57. The highest BCUT2D eigenvalue weighted by atomic mass is 16.5. The van der Waals surface area contributed by atoms with Gasteiger partial charge in [0.15, 0.2) is 0 Å². The van der Waals surface area contributed by atoms with Crippen LogP contribution in [-0.4, -0.2) is 36.5 Å². The summed E-state index contributed by atoms with van der Waals surface area (Å²) in [7, 11) is 1.76. The van der Waals surface area contributed by atoms with Crippen molar-refractivity contribution < 1.29 is 4.74 Å². The number of methoxy groups -OCH3 is 1. The largest absolute Gasteiger partial charge is 0.370 e. The molecule has 0 heterocycles. The molecule has 1 aliphatic carbocycles. The number of ether oxygens (including phenoxy) is 1. The summed E-state index contributed by atoms with van der Waals surface area (Å²) in [6.07, 6.45) is 4.46. The summed E-state index contributed by atoms with van der Waals surface area (Å²) in [5, 5.41) is 8.38. The van der Waals surface area contributed by atoms with Crippen LogP contribution in [0.3, 0.4) is 0 Å². The molecule has 1 aliphatic rings. The van der Waals surface area contributed by atoms with Crippen LogP contribution < -0.4 is 0 Å². The van der Waals surface area contributed by atoms with Gasteiger partial charge in [-0.1, -0.05) is 13.3 Å². The van der Waals surface area contributed by atoms with E-state index in [1.165, 1.54) is 12.8 Å². The van der Waals surface area contributed by atoms with Crippen LogP contribution in [0.5, 0.6) is 0 Å². The monoisotopic (exact) mass is 226 g/mol. The van der Waals surface area contributed by atoms with E-state index in [1.807, 2.05) is 0 Å². The number of nitrogens with one attached hydrogen (secondary N) is 1. The van der Waals surface area contributed by atoms with E-state index in [0.717, 1.165) is 25.9 Å². The van der Waals surface area contributed by atoms with Crippen LogP contribution in [0.15, 0.2) is 0 Å². The molecule has 0 aromatic carbocycles. The average molecular weight is 226 g/mol. The summed E-state index contributed by atoms with van der Waals surface area (Å²) in [5.74, 6) is 1.36. The van der Waals surface area contributed by atoms with Gasteiger partial charge < -0.3 is 9.64 Å². The molecule has 2 atom stereocenters. The summed E-state index contributed by atoms with van der Waals surface area (Å²) >= 11 is 0. The van der Waals surface area contributed by atoms with Crippen molar-refractivity contribution in [3.63, 3.8) is 0 Å². The Morgan fingerprint density at radius 2 is 2.06 bits per heavy atom. The molecule has 2 unspecified atom stereocenters. The molecule has 0 spiro atoms. The molecule has 3 nitrogen and oxygen atoms in total. The minimum Gasteiger partial charge on any atom is -0.370 e. The third-order valence-electron chi connectivity index (χ3n) is 3.86. The zero-order valence-electron chi connectivity index (χ0n) is 11.2. The summed E-state index contributed by atoms with van der Waals surface area (Å²) in [6.45, 7) is 8.27. The van der Waals surface area contributed by atoms with Gasteiger partial charge in [0, 0.05) is 20.2 Å². The van der Waals surface area contributed by atoms with Gasteiger partial charge in [0.25, 0.3) is 0 Å². The minimum absolute atomic E-state index is 0.316. The molecule has 0 radical (unpaired) electrons. The molecule has 1 fully saturated rings. The smallest absolute Gasteiger partial charge is 0.129 e. The van der Waals surface area contributed by atoms with Crippen molar-refractivity contribution in [2.45, 2.75) is 52.1 Å². The lowest BCUT2D eigenvalue weighted by molar-refractivity contribution is -0.00574. The van der Waals surface area contributed by atoms with Gasteiger partial charge in [-0.2, -0.15) is 0 Å². The highest BCUT2D eigenvalue weighted by Gasteiger charge is 2.40. The molecule has 1 rings (SSSR count). The van der Waals surface area contributed by atoms with Gasteiger partial charge in [0.05, 0.1) is 0 Å². The second kappa shape index (κ2) is 5.67. The lowest BCUT2D eigenvalue weighted by Gasteiger charge is -2.42. The minimum atomic E-state index is -0.316. The van der Waals surface area contributed by atoms with E-state index >= 15 is 0 Å². The van der Waals surface area contributed by atoms with Crippen LogP contribution in [0, 0.1) is 11.3 Å². The van der Waals surface area contributed by atoms with Gasteiger partial charge in [-0.3, -0.25) is 5.41 Å². The van der Waals surface area contributed by atoms with Crippen molar-refractivity contribution in [3.8, 4) is 0 Å². The predicted molar refractivity (Wildman–Crippen MR) is 68.0 cm³/mol. The molecule has 16 heavy (non-hydrogen) atoms. The maximum absolute atomic E-state index is 8.38. The van der Waals surface area contributed by atoms with Crippen LogP contribution >= 0.6 is 0 Å². The summed E-state index contributed by atoms with van der Waals surface area (Å²) < 4.78 is 5.73. The maximum Gasteiger partial charge on any atom is 0.129 e. The standard InChI is InChI=1S/C13H26N2O/c1-5-15(6-2)12(14)13(16-4)9-7-8-11(3)10-13/h11,14H,5-10H2,1-4H3. The normalized spacial score (nSPS) is 30.1. The number of hydrogen-bond donors (Lipinski definition) is 1. The van der Waals surface area contributed by atoms with Gasteiger partial charge in [0.2, 0.25) is 0 Å². The molecule has 0 aromatic rings. The van der Waals surface area contributed by atoms with Gasteiger partial charge in [0.1, 0.15) is 11.4 Å². The van der Waals surface area contributed by atoms with E-state index in [1.54, 1.807) is 7.11 Å². The SMILES string of the molecule is CCN(CC)C(=N)C1(OC)CCCC(C)C1. The molecular weight excluding hydrogens is 200 g/mol. The molecule has 1 saturated carbocycles. The quantitative estimate of drug-likeness (QED) is 0.591. The molecule has 0 aliphatic heterocycles. The fourth-order valence-corrected chi connectivity index (χ4v) is 2.83. The Morgan fingerprint density at radius 3 is 2.50 bits per heavy atom. The van der Waals surface area contributed by atoms with Crippen molar-refractivity contribution in [3.05, 3.63) is 0 Å². The van der Waals surface area contributed by atoms with Crippen molar-refractivity contribution in [2.24, 2.45) is 5.92 Å². The van der Waals surface area contributed by atoms with Gasteiger partial charge in [-0.05, 0) is 39.0 Å². The van der Waals surface area contributed by atoms with Crippen LogP contribution in [0.1, 0.15) is 46.5 Å². The zero-order chi connectivity index (χ0) is 12.2. The Bertz CT molecular complexity index is 238. The molecule has 0 aromatic heterocycles. The Balaban J connectivity index is 2.82. The van der Waals surface area contributed by atoms with E-state index in [4.69, 9.17) is 10.1 Å². The van der Waals surface area contributed by atoms with Crippen LogP contribution in [0.25, 0.3) is 0 Å². The molecule has 94 valence electrons. The van der Waals surface area contributed by atoms with E-state index in [0.29, 0.717) is 11.8 Å². The van der Waals surface area contributed by atoms with Crippen molar-refractivity contribution >= 4 is 5.84 Å². The van der Waals surface area contributed by atoms with Crippen molar-refractivity contribution in [1.82, 2.24) is 4.90 Å². The molecular formula is C13H26N2O. The maximum atomic E-state index is 8.38. The highest BCUT2D eigenvalue weighted by molar-refractivity contribution is 5.88. The van der Waals surface area contributed by atoms with Crippen LogP contribution in [0.2, 0.25) is 0 Å². The van der Waals surface area contributed by atoms with Gasteiger partial charge in [-0.15, -0.1) is 0 Å². The first-order chi connectivity index (χ1) is 7.59. The fraction of sp³-hybridized carbons (Fsp3) is 0.923. The number of rotatable bonds is 4. The molecule has 0 amide bonds. The second-order valence-electron chi connectivity index (χ2n) is 4.92. The first-order valence-corrected chi connectivity index (χ1v) is 6.48. The molecule has 3 heteroatoms. The molecule has 1 N–H and O–H groups in total. The Hall–Kier alpha value is -0.570. The van der Waals surface area contributed by atoms with Crippen LogP contribution in [-0.2, 0) is 4.74 Å². The summed E-state index contributed by atoms with van der Waals surface area (Å²) in [5.41, 5.74) is -0.316. The van der Waals surface area contributed by atoms with E-state index < -0.39 is 0 Å². The van der Waals surface area contributed by atoms with Gasteiger partial charge in [-0.25, -0.2) is 0 Å². The number of likely N-dealkylation sites (N-methyl/N-ethyl adjacent to an activating group) is 1. The summed E-state index contributed by atoms with van der Waals surface area (Å²) in [6, 6.07) is 0.